The molecule has 0 bridgehead atoms. The zero-order valence-electron chi connectivity index (χ0n) is 9.58. The second-order valence-electron chi connectivity index (χ2n) is 3.71. The molecule has 2 N–H and O–H groups in total. The maximum absolute atomic E-state index is 6.05. The molecule has 0 aliphatic rings. The third-order valence-electron chi connectivity index (χ3n) is 2.28. The van der Waals surface area contributed by atoms with Crippen LogP contribution < -0.4 is 10.6 Å². The smallest absolute Gasteiger partial charge is 0.175 e. The van der Waals surface area contributed by atoms with Crippen molar-refractivity contribution < 1.29 is 0 Å². The fraction of sp³-hybridized carbons (Fsp3) is 0. The zero-order valence-corrected chi connectivity index (χ0v) is 13.5. The van der Waals surface area contributed by atoms with E-state index >= 15 is 0 Å². The highest BCUT2D eigenvalue weighted by atomic mass is 79.9. The minimum atomic E-state index is 0.450. The van der Waals surface area contributed by atoms with Crippen LogP contribution in [0, 0.1) is 0 Å². The lowest BCUT2D eigenvalue weighted by molar-refractivity contribution is 1.58. The van der Waals surface area contributed by atoms with Gasteiger partial charge in [-0.2, -0.15) is 0 Å². The maximum atomic E-state index is 6.05. The van der Waals surface area contributed by atoms with E-state index in [0.717, 1.165) is 10.2 Å². The number of halogens is 3. The number of hydrogen-bond acceptors (Lipinski definition) is 1. The van der Waals surface area contributed by atoms with Crippen molar-refractivity contribution in [3.05, 3.63) is 57.0 Å². The van der Waals surface area contributed by atoms with E-state index in [4.69, 9.17) is 35.4 Å². The molecule has 6 heteroatoms. The molecule has 0 saturated heterocycles. The second kappa shape index (κ2) is 6.57. The molecule has 0 fully saturated rings. The third-order valence-corrected chi connectivity index (χ3v) is 3.58. The molecule has 0 aliphatic carbocycles. The summed E-state index contributed by atoms with van der Waals surface area (Å²) in [5.41, 5.74) is 1.56. The lowest BCUT2D eigenvalue weighted by atomic mass is 10.3. The summed E-state index contributed by atoms with van der Waals surface area (Å²) in [5.74, 6) is 0. The van der Waals surface area contributed by atoms with Gasteiger partial charge in [-0.3, -0.25) is 0 Å². The van der Waals surface area contributed by atoms with Crippen LogP contribution in [0.3, 0.4) is 0 Å². The maximum Gasteiger partial charge on any atom is 0.175 e. The lowest BCUT2D eigenvalue weighted by Crippen LogP contribution is -2.19. The van der Waals surface area contributed by atoms with Gasteiger partial charge in [0.2, 0.25) is 0 Å². The minimum absolute atomic E-state index is 0.450. The first-order valence-corrected chi connectivity index (χ1v) is 7.29. The molecule has 0 spiro atoms. The lowest BCUT2D eigenvalue weighted by Gasteiger charge is -2.12. The number of nitrogens with one attached hydrogen (secondary N) is 2. The predicted octanol–water partition coefficient (Wildman–Crippen LogP) is 5.56. The summed E-state index contributed by atoms with van der Waals surface area (Å²) in [6.07, 6.45) is 0. The van der Waals surface area contributed by atoms with Crippen LogP contribution in [-0.2, 0) is 0 Å². The Morgan fingerprint density at radius 2 is 1.68 bits per heavy atom. The van der Waals surface area contributed by atoms with E-state index in [1.54, 1.807) is 18.2 Å². The van der Waals surface area contributed by atoms with Gasteiger partial charge in [0.25, 0.3) is 0 Å². The Bertz CT molecular complexity index is 602. The van der Waals surface area contributed by atoms with Crippen molar-refractivity contribution in [1.29, 1.82) is 0 Å². The summed E-state index contributed by atoms with van der Waals surface area (Å²) in [6.45, 7) is 0. The molecular formula is C13H9BrCl2N2S. The third kappa shape index (κ3) is 4.35. The number of benzene rings is 2. The summed E-state index contributed by atoms with van der Waals surface area (Å²) >= 11 is 20.6. The van der Waals surface area contributed by atoms with Gasteiger partial charge in [-0.05, 0) is 54.7 Å². The molecule has 0 aromatic heterocycles. The molecule has 0 heterocycles. The first-order chi connectivity index (χ1) is 9.04. The summed E-state index contributed by atoms with van der Waals surface area (Å²) < 4.78 is 1.01. The topological polar surface area (TPSA) is 24.1 Å². The van der Waals surface area contributed by atoms with Crippen LogP contribution in [-0.4, -0.2) is 5.11 Å². The summed E-state index contributed by atoms with van der Waals surface area (Å²) in [5, 5.41) is 7.67. The fourth-order valence-corrected chi connectivity index (χ4v) is 2.24. The van der Waals surface area contributed by atoms with Gasteiger partial charge in [-0.25, -0.2) is 0 Å². The molecule has 2 aromatic rings. The average Bonchev–Trinajstić information content (AvgIpc) is 2.37. The normalized spacial score (nSPS) is 10.1. The molecular weight excluding hydrogens is 367 g/mol. The van der Waals surface area contributed by atoms with Gasteiger partial charge in [0.15, 0.2) is 5.11 Å². The Kier molecular flexibility index (Phi) is 5.05. The highest BCUT2D eigenvalue weighted by Crippen LogP contribution is 2.25. The van der Waals surface area contributed by atoms with E-state index in [1.807, 2.05) is 24.3 Å². The van der Waals surface area contributed by atoms with Gasteiger partial charge in [-0.1, -0.05) is 39.1 Å². The first-order valence-electron chi connectivity index (χ1n) is 5.33. The van der Waals surface area contributed by atoms with Crippen LogP contribution in [0.2, 0.25) is 10.0 Å². The quantitative estimate of drug-likeness (QED) is 0.671. The molecule has 98 valence electrons. The van der Waals surface area contributed by atoms with Crippen molar-refractivity contribution in [1.82, 2.24) is 0 Å². The van der Waals surface area contributed by atoms with Crippen molar-refractivity contribution in [3.8, 4) is 0 Å². The van der Waals surface area contributed by atoms with Crippen molar-refractivity contribution in [3.63, 3.8) is 0 Å². The van der Waals surface area contributed by atoms with E-state index in [1.165, 1.54) is 0 Å². The number of anilines is 2. The summed E-state index contributed by atoms with van der Waals surface area (Å²) in [7, 11) is 0. The van der Waals surface area contributed by atoms with E-state index < -0.39 is 0 Å². The molecule has 2 rings (SSSR count). The molecule has 2 aromatic carbocycles. The minimum Gasteiger partial charge on any atom is -0.332 e. The SMILES string of the molecule is S=C(Nc1ccc(Br)cc1)Nc1cc(Cl)ccc1Cl. The Morgan fingerprint density at radius 3 is 2.37 bits per heavy atom. The Balaban J connectivity index is 2.05. The Hall–Kier alpha value is -0.810. The van der Waals surface area contributed by atoms with Gasteiger partial charge in [0.05, 0.1) is 10.7 Å². The highest BCUT2D eigenvalue weighted by molar-refractivity contribution is 9.10. The van der Waals surface area contributed by atoms with E-state index in [0.29, 0.717) is 20.8 Å². The van der Waals surface area contributed by atoms with Crippen molar-refractivity contribution in [2.45, 2.75) is 0 Å². The van der Waals surface area contributed by atoms with Crippen LogP contribution in [0.15, 0.2) is 46.9 Å². The van der Waals surface area contributed by atoms with Gasteiger partial charge >= 0.3 is 0 Å². The molecule has 0 radical (unpaired) electrons. The number of thiocarbonyl (C=S) groups is 1. The fourth-order valence-electron chi connectivity index (χ4n) is 1.41. The average molecular weight is 376 g/mol. The van der Waals surface area contributed by atoms with Crippen molar-refractivity contribution in [2.24, 2.45) is 0 Å². The van der Waals surface area contributed by atoms with Crippen LogP contribution in [0.4, 0.5) is 11.4 Å². The summed E-state index contributed by atoms with van der Waals surface area (Å²) in [4.78, 5) is 0. The zero-order chi connectivity index (χ0) is 13.8. The predicted molar refractivity (Wildman–Crippen MR) is 90.4 cm³/mol. The van der Waals surface area contributed by atoms with Crippen molar-refractivity contribution in [2.75, 3.05) is 10.6 Å². The van der Waals surface area contributed by atoms with Crippen LogP contribution in [0.1, 0.15) is 0 Å². The van der Waals surface area contributed by atoms with Crippen LogP contribution >= 0.6 is 51.3 Å². The second-order valence-corrected chi connectivity index (χ2v) is 5.88. The first kappa shape index (κ1) is 14.6. The highest BCUT2D eigenvalue weighted by Gasteiger charge is 2.04. The molecule has 0 aliphatic heterocycles. The van der Waals surface area contributed by atoms with Gasteiger partial charge < -0.3 is 10.6 Å². The molecule has 0 saturated carbocycles. The van der Waals surface area contributed by atoms with Crippen molar-refractivity contribution >= 4 is 67.8 Å². The standard InChI is InChI=1S/C13H9BrCl2N2S/c14-8-1-4-10(5-2-8)17-13(19)18-12-7-9(15)3-6-11(12)16/h1-7H,(H2,17,18,19). The van der Waals surface area contributed by atoms with E-state index in [9.17, 15) is 0 Å². The Morgan fingerprint density at radius 1 is 1.00 bits per heavy atom. The van der Waals surface area contributed by atoms with E-state index in [-0.39, 0.29) is 0 Å². The molecule has 19 heavy (non-hydrogen) atoms. The Labute approximate surface area is 135 Å². The largest absolute Gasteiger partial charge is 0.332 e. The summed E-state index contributed by atoms with van der Waals surface area (Å²) in [6, 6.07) is 12.8. The van der Waals surface area contributed by atoms with Gasteiger partial charge in [-0.15, -0.1) is 0 Å². The van der Waals surface area contributed by atoms with Gasteiger partial charge in [0, 0.05) is 15.2 Å². The molecule has 2 nitrogen and oxygen atoms in total. The van der Waals surface area contributed by atoms with Crippen LogP contribution in [0.25, 0.3) is 0 Å². The monoisotopic (exact) mass is 374 g/mol. The molecule has 0 amide bonds. The molecule has 0 unspecified atom stereocenters. The molecule has 0 atom stereocenters. The number of hydrogen-bond donors (Lipinski definition) is 2. The van der Waals surface area contributed by atoms with E-state index in [2.05, 4.69) is 26.6 Å². The number of rotatable bonds is 2. The van der Waals surface area contributed by atoms with Crippen LogP contribution in [0.5, 0.6) is 0 Å². The van der Waals surface area contributed by atoms with Gasteiger partial charge in [0.1, 0.15) is 0 Å².